The van der Waals surface area contributed by atoms with Crippen LogP contribution in [0.25, 0.3) is 0 Å². The van der Waals surface area contributed by atoms with Crippen LogP contribution in [0.15, 0.2) is 35.2 Å². The Morgan fingerprint density at radius 2 is 1.02 bits per heavy atom. The summed E-state index contributed by atoms with van der Waals surface area (Å²) >= 11 is 0. The second kappa shape index (κ2) is 14.0. The summed E-state index contributed by atoms with van der Waals surface area (Å²) in [5, 5.41) is 4.81. The molecule has 41 heavy (non-hydrogen) atoms. The maximum absolute atomic E-state index is 5.82. The highest BCUT2D eigenvalue weighted by atomic mass is 31.1. The molecular formula is C37H54O2P2. The van der Waals surface area contributed by atoms with Gasteiger partial charge in [0, 0.05) is 0 Å². The number of hydrogen-bond donors (Lipinski definition) is 0. The summed E-state index contributed by atoms with van der Waals surface area (Å²) in [6.07, 6.45) is 18.7. The molecule has 0 spiro atoms. The van der Waals surface area contributed by atoms with Gasteiger partial charge in [0.1, 0.15) is 11.5 Å². The van der Waals surface area contributed by atoms with Crippen LogP contribution in [0.1, 0.15) is 113 Å². The Labute approximate surface area is 253 Å². The number of ether oxygens (including phenoxy) is 2. The van der Waals surface area contributed by atoms with Gasteiger partial charge in [0.2, 0.25) is 0 Å². The molecule has 224 valence electrons. The molecule has 3 aliphatic carbocycles. The number of aryl methyl sites for hydroxylation is 4. The summed E-state index contributed by atoms with van der Waals surface area (Å²) < 4.78 is 11.6. The third-order valence-electron chi connectivity index (χ3n) is 10.3. The topological polar surface area (TPSA) is 18.5 Å². The van der Waals surface area contributed by atoms with Gasteiger partial charge in [-0.25, -0.2) is 0 Å². The van der Waals surface area contributed by atoms with E-state index in [-0.39, 0.29) is 7.92 Å². The molecule has 0 bridgehead atoms. The molecule has 2 aromatic rings. The average Bonchev–Trinajstić information content (AvgIpc) is 3.44. The monoisotopic (exact) mass is 592 g/mol. The molecule has 0 aliphatic heterocycles. The number of methoxy groups -OCH3 is 2. The Balaban J connectivity index is 1.64. The van der Waals surface area contributed by atoms with Crippen LogP contribution in [-0.2, 0) is 0 Å². The first-order valence-corrected chi connectivity index (χ1v) is 19.3. The van der Waals surface area contributed by atoms with Crippen LogP contribution in [0.5, 0.6) is 11.5 Å². The first-order valence-electron chi connectivity index (χ1n) is 16.4. The highest BCUT2D eigenvalue weighted by Gasteiger charge is 2.38. The molecule has 2 fully saturated rings. The van der Waals surface area contributed by atoms with Gasteiger partial charge in [-0.1, -0.05) is 58.9 Å². The van der Waals surface area contributed by atoms with E-state index in [9.17, 15) is 0 Å². The van der Waals surface area contributed by atoms with Crippen LogP contribution in [-0.4, -0.2) is 31.2 Å². The molecule has 1 atom stereocenters. The van der Waals surface area contributed by atoms with Crippen molar-refractivity contribution in [1.82, 2.24) is 0 Å². The number of allylic oxidation sites excluding steroid dienone is 2. The molecular weight excluding hydrogens is 538 g/mol. The fraction of sp³-hybridized carbons (Fsp3) is 0.622. The van der Waals surface area contributed by atoms with Crippen molar-refractivity contribution >= 4 is 26.5 Å². The molecule has 0 aromatic heterocycles. The van der Waals surface area contributed by atoms with E-state index in [1.54, 1.807) is 5.31 Å². The predicted molar refractivity (Wildman–Crippen MR) is 182 cm³/mol. The van der Waals surface area contributed by atoms with Gasteiger partial charge in [0.05, 0.1) is 14.2 Å². The van der Waals surface area contributed by atoms with Gasteiger partial charge in [-0.15, -0.1) is 0 Å². The molecule has 2 saturated carbocycles. The van der Waals surface area contributed by atoms with Crippen molar-refractivity contribution in [3.63, 3.8) is 0 Å². The van der Waals surface area contributed by atoms with Gasteiger partial charge in [-0.3, -0.25) is 0 Å². The molecule has 5 rings (SSSR count). The molecule has 0 radical (unpaired) electrons. The second-order valence-corrected chi connectivity index (χ2v) is 18.5. The van der Waals surface area contributed by atoms with Crippen LogP contribution in [0.3, 0.4) is 0 Å². The molecule has 2 nitrogen and oxygen atoms in total. The third kappa shape index (κ3) is 6.60. The number of benzene rings is 2. The van der Waals surface area contributed by atoms with Crippen LogP contribution in [0, 0.1) is 27.7 Å². The van der Waals surface area contributed by atoms with E-state index in [0.717, 1.165) is 28.5 Å². The van der Waals surface area contributed by atoms with E-state index in [0.29, 0.717) is 0 Å². The minimum Gasteiger partial charge on any atom is -0.496 e. The normalized spacial score (nSPS) is 19.8. The molecule has 4 heteroatoms. The molecule has 2 aromatic carbocycles. The van der Waals surface area contributed by atoms with Gasteiger partial charge >= 0.3 is 0 Å². The zero-order chi connectivity index (χ0) is 29.1. The molecule has 0 amide bonds. The van der Waals surface area contributed by atoms with Gasteiger partial charge < -0.3 is 9.47 Å². The smallest absolute Gasteiger partial charge is 0.124 e. The van der Waals surface area contributed by atoms with Crippen molar-refractivity contribution < 1.29 is 9.47 Å². The SMILES string of the molecule is COc1c(C)cc(P(C2=C([C@H](C)P(C3CCCCC3)C3CCCCC3)CCC2)c2cc(C)c(OC)c(C)c2)cc1C. The second-order valence-electron chi connectivity index (χ2n) is 13.1. The van der Waals surface area contributed by atoms with Gasteiger partial charge in [0.15, 0.2) is 0 Å². The average molecular weight is 593 g/mol. The Morgan fingerprint density at radius 3 is 1.41 bits per heavy atom. The lowest BCUT2D eigenvalue weighted by Gasteiger charge is -2.43. The van der Waals surface area contributed by atoms with Crippen molar-refractivity contribution in [1.29, 1.82) is 0 Å². The lowest BCUT2D eigenvalue weighted by atomic mass is 9.99. The Bertz CT molecular complexity index is 1110. The zero-order valence-corrected chi connectivity index (χ0v) is 28.7. The predicted octanol–water partition coefficient (Wildman–Crippen LogP) is 10.3. The molecule has 0 heterocycles. The van der Waals surface area contributed by atoms with E-state index >= 15 is 0 Å². The summed E-state index contributed by atoms with van der Waals surface area (Å²) in [4.78, 5) is 0. The summed E-state index contributed by atoms with van der Waals surface area (Å²) in [7, 11) is 3.03. The van der Waals surface area contributed by atoms with Gasteiger partial charge in [-0.05, 0) is 160 Å². The number of hydrogen-bond acceptors (Lipinski definition) is 2. The van der Waals surface area contributed by atoms with Gasteiger partial charge in [-0.2, -0.15) is 0 Å². The first kappa shape index (κ1) is 31.1. The van der Waals surface area contributed by atoms with E-state index in [1.807, 2.05) is 19.8 Å². The maximum atomic E-state index is 5.82. The van der Waals surface area contributed by atoms with Crippen molar-refractivity contribution in [2.24, 2.45) is 0 Å². The van der Waals surface area contributed by atoms with Crippen LogP contribution in [0.2, 0.25) is 0 Å². The van der Waals surface area contributed by atoms with Gasteiger partial charge in [0.25, 0.3) is 0 Å². The van der Waals surface area contributed by atoms with E-state index in [1.165, 1.54) is 116 Å². The minimum absolute atomic E-state index is 0.0136. The Morgan fingerprint density at radius 1 is 0.610 bits per heavy atom. The highest BCUT2D eigenvalue weighted by molar-refractivity contribution is 7.76. The summed E-state index contributed by atoms with van der Waals surface area (Å²) in [5.74, 6) is 2.08. The summed E-state index contributed by atoms with van der Waals surface area (Å²) in [5.41, 5.74) is 9.67. The van der Waals surface area contributed by atoms with E-state index < -0.39 is 7.92 Å². The van der Waals surface area contributed by atoms with Crippen molar-refractivity contribution in [3.8, 4) is 11.5 Å². The molecule has 0 unspecified atom stereocenters. The van der Waals surface area contributed by atoms with Crippen molar-refractivity contribution in [2.75, 3.05) is 14.2 Å². The largest absolute Gasteiger partial charge is 0.496 e. The quantitative estimate of drug-likeness (QED) is 0.270. The zero-order valence-electron chi connectivity index (χ0n) is 26.9. The van der Waals surface area contributed by atoms with Crippen LogP contribution >= 0.6 is 15.8 Å². The molecule has 0 N–H and O–H groups in total. The minimum atomic E-state index is -0.604. The highest BCUT2D eigenvalue weighted by Crippen LogP contribution is 2.64. The summed E-state index contributed by atoms with van der Waals surface area (Å²) in [6.45, 7) is 11.6. The summed E-state index contributed by atoms with van der Waals surface area (Å²) in [6, 6.07) is 9.80. The first-order chi connectivity index (χ1) is 19.8. The third-order valence-corrected chi connectivity index (χ3v) is 16.8. The Kier molecular flexibility index (Phi) is 10.6. The fourth-order valence-electron chi connectivity index (χ4n) is 8.54. The standard InChI is InChI=1S/C37H54O2P2/c1-25-21-32(22-26(2)36(25)38-6)41(33-23-27(3)37(39-7)28(4)24-33)35-20-14-19-34(35)29(5)40(30-15-10-8-11-16-30)31-17-12-9-13-18-31/h21-24,29-31H,8-20H2,1-7H3/t29-/m0/s1. The lowest BCUT2D eigenvalue weighted by molar-refractivity contribution is 0.408. The fourth-order valence-corrected chi connectivity index (χ4v) is 16.3. The van der Waals surface area contributed by atoms with Crippen LogP contribution in [0.4, 0.5) is 0 Å². The van der Waals surface area contributed by atoms with Crippen molar-refractivity contribution in [3.05, 3.63) is 57.4 Å². The molecule has 3 aliphatic rings. The maximum Gasteiger partial charge on any atom is 0.124 e. The Hall–Kier alpha value is -1.36. The lowest BCUT2D eigenvalue weighted by Crippen LogP contribution is -2.27. The number of rotatable bonds is 9. The van der Waals surface area contributed by atoms with Crippen molar-refractivity contribution in [2.45, 2.75) is 135 Å². The van der Waals surface area contributed by atoms with E-state index in [4.69, 9.17) is 9.47 Å². The van der Waals surface area contributed by atoms with E-state index in [2.05, 4.69) is 58.9 Å². The molecule has 0 saturated heterocycles. The van der Waals surface area contributed by atoms with Crippen LogP contribution < -0.4 is 20.1 Å².